The summed E-state index contributed by atoms with van der Waals surface area (Å²) in [7, 11) is 1.63. The number of carbonyl (C=O) groups is 1. The minimum Gasteiger partial charge on any atom is -0.467 e. The van der Waals surface area contributed by atoms with Crippen molar-refractivity contribution in [1.29, 1.82) is 0 Å². The summed E-state index contributed by atoms with van der Waals surface area (Å²) in [6, 6.07) is 7.48. The van der Waals surface area contributed by atoms with E-state index in [4.69, 9.17) is 4.74 Å². The molecule has 0 saturated carbocycles. The first kappa shape index (κ1) is 19.1. The summed E-state index contributed by atoms with van der Waals surface area (Å²) in [4.78, 5) is 25.0. The molecule has 7 heteroatoms. The standard InChI is InChI=1S/C20H25FN4O2/c1-15-13-18(23-20(22-15)25-11-5-3-4-6-12-25)27-14-19(26)24(2)17-9-7-16(21)8-10-17/h7-10,13H,3-6,11-12,14H2,1-2H3. The zero-order valence-corrected chi connectivity index (χ0v) is 15.8. The quantitative estimate of drug-likeness (QED) is 0.806. The van der Waals surface area contributed by atoms with Crippen LogP contribution < -0.4 is 14.5 Å². The van der Waals surface area contributed by atoms with Gasteiger partial charge in [-0.3, -0.25) is 4.79 Å². The molecule has 1 aromatic carbocycles. The minimum atomic E-state index is -0.339. The second kappa shape index (κ2) is 8.79. The number of aromatic nitrogens is 2. The number of aryl methyl sites for hydroxylation is 1. The molecule has 0 bridgehead atoms. The highest BCUT2D eigenvalue weighted by Crippen LogP contribution is 2.20. The number of ether oxygens (including phenoxy) is 1. The molecule has 27 heavy (non-hydrogen) atoms. The molecule has 0 aliphatic carbocycles. The van der Waals surface area contributed by atoms with Crippen LogP contribution in [0.1, 0.15) is 31.4 Å². The Labute approximate surface area is 159 Å². The second-order valence-corrected chi connectivity index (χ2v) is 6.77. The molecular weight excluding hydrogens is 347 g/mol. The predicted molar refractivity (Wildman–Crippen MR) is 103 cm³/mol. The van der Waals surface area contributed by atoms with Gasteiger partial charge in [0.15, 0.2) is 6.61 Å². The summed E-state index contributed by atoms with van der Waals surface area (Å²) >= 11 is 0. The average Bonchev–Trinajstić information content (AvgIpc) is 2.95. The van der Waals surface area contributed by atoms with Gasteiger partial charge in [-0.05, 0) is 44.0 Å². The summed E-state index contributed by atoms with van der Waals surface area (Å²) in [6.07, 6.45) is 4.73. The molecular formula is C20H25FN4O2. The third-order valence-electron chi connectivity index (χ3n) is 4.64. The third kappa shape index (κ3) is 5.15. The molecule has 3 rings (SSSR count). The van der Waals surface area contributed by atoms with E-state index < -0.39 is 0 Å². The summed E-state index contributed by atoms with van der Waals surface area (Å²) in [6.45, 7) is 3.62. The van der Waals surface area contributed by atoms with Crippen molar-refractivity contribution < 1.29 is 13.9 Å². The first-order valence-electron chi connectivity index (χ1n) is 9.28. The Morgan fingerprint density at radius 1 is 1.15 bits per heavy atom. The van der Waals surface area contributed by atoms with Gasteiger partial charge < -0.3 is 14.5 Å². The van der Waals surface area contributed by atoms with Crippen molar-refractivity contribution in [2.75, 3.05) is 36.5 Å². The summed E-state index contributed by atoms with van der Waals surface area (Å²) in [5.74, 6) is 0.469. The van der Waals surface area contributed by atoms with Crippen LogP contribution in [-0.4, -0.2) is 42.6 Å². The van der Waals surface area contributed by atoms with Crippen LogP contribution in [0.15, 0.2) is 30.3 Å². The lowest BCUT2D eigenvalue weighted by molar-refractivity contribution is -0.120. The van der Waals surface area contributed by atoms with Crippen molar-refractivity contribution in [2.45, 2.75) is 32.6 Å². The molecule has 1 aliphatic heterocycles. The van der Waals surface area contributed by atoms with E-state index in [9.17, 15) is 9.18 Å². The molecule has 6 nitrogen and oxygen atoms in total. The van der Waals surface area contributed by atoms with Gasteiger partial charge in [-0.1, -0.05) is 12.8 Å². The van der Waals surface area contributed by atoms with Crippen LogP contribution in [0, 0.1) is 12.7 Å². The molecule has 0 unspecified atom stereocenters. The molecule has 2 aromatic rings. The number of hydrogen-bond donors (Lipinski definition) is 0. The SMILES string of the molecule is Cc1cc(OCC(=O)N(C)c2ccc(F)cc2)nc(N2CCCCCC2)n1. The number of hydrogen-bond acceptors (Lipinski definition) is 5. The number of nitrogens with zero attached hydrogens (tertiary/aromatic N) is 4. The van der Waals surface area contributed by atoms with E-state index >= 15 is 0 Å². The Hall–Kier alpha value is -2.70. The van der Waals surface area contributed by atoms with Gasteiger partial charge in [0, 0.05) is 37.6 Å². The van der Waals surface area contributed by atoms with E-state index in [1.54, 1.807) is 25.2 Å². The van der Waals surface area contributed by atoms with Crippen molar-refractivity contribution in [2.24, 2.45) is 0 Å². The van der Waals surface area contributed by atoms with Crippen LogP contribution in [0.5, 0.6) is 5.88 Å². The fraction of sp³-hybridized carbons (Fsp3) is 0.450. The number of benzene rings is 1. The lowest BCUT2D eigenvalue weighted by Gasteiger charge is -2.21. The van der Waals surface area contributed by atoms with Crippen LogP contribution >= 0.6 is 0 Å². The number of carbonyl (C=O) groups excluding carboxylic acids is 1. The van der Waals surface area contributed by atoms with Crippen LogP contribution in [0.2, 0.25) is 0 Å². The zero-order valence-electron chi connectivity index (χ0n) is 15.8. The lowest BCUT2D eigenvalue weighted by Crippen LogP contribution is -2.31. The largest absolute Gasteiger partial charge is 0.467 e. The van der Waals surface area contributed by atoms with E-state index in [2.05, 4.69) is 14.9 Å². The molecule has 0 radical (unpaired) electrons. The van der Waals surface area contributed by atoms with Gasteiger partial charge in [-0.2, -0.15) is 4.98 Å². The van der Waals surface area contributed by atoms with Gasteiger partial charge >= 0.3 is 0 Å². The monoisotopic (exact) mass is 372 g/mol. The molecule has 1 saturated heterocycles. The van der Waals surface area contributed by atoms with Crippen LogP contribution in [-0.2, 0) is 4.79 Å². The predicted octanol–water partition coefficient (Wildman–Crippen LogP) is 3.35. The Bertz CT molecular complexity index is 774. The maximum Gasteiger partial charge on any atom is 0.264 e. The lowest BCUT2D eigenvalue weighted by atomic mass is 10.2. The molecule has 1 aromatic heterocycles. The third-order valence-corrected chi connectivity index (χ3v) is 4.64. The van der Waals surface area contributed by atoms with Crippen molar-refractivity contribution in [1.82, 2.24) is 9.97 Å². The molecule has 1 amide bonds. The van der Waals surface area contributed by atoms with Crippen LogP contribution in [0.4, 0.5) is 16.0 Å². The Kier molecular flexibility index (Phi) is 6.21. The van der Waals surface area contributed by atoms with Crippen molar-refractivity contribution >= 4 is 17.5 Å². The van der Waals surface area contributed by atoms with Crippen LogP contribution in [0.25, 0.3) is 0 Å². The molecule has 0 atom stereocenters. The first-order valence-corrected chi connectivity index (χ1v) is 9.28. The van der Waals surface area contributed by atoms with E-state index in [0.29, 0.717) is 17.5 Å². The minimum absolute atomic E-state index is 0.149. The van der Waals surface area contributed by atoms with Gasteiger partial charge in [0.2, 0.25) is 11.8 Å². The number of anilines is 2. The molecule has 144 valence electrons. The summed E-state index contributed by atoms with van der Waals surface area (Å²) < 4.78 is 18.7. The Balaban J connectivity index is 1.64. The summed E-state index contributed by atoms with van der Waals surface area (Å²) in [5.41, 5.74) is 1.41. The van der Waals surface area contributed by atoms with E-state index in [-0.39, 0.29) is 18.3 Å². The van der Waals surface area contributed by atoms with Gasteiger partial charge in [0.05, 0.1) is 0 Å². The maximum atomic E-state index is 13.0. The normalized spacial score (nSPS) is 14.6. The molecule has 0 spiro atoms. The van der Waals surface area contributed by atoms with E-state index in [1.807, 2.05) is 6.92 Å². The van der Waals surface area contributed by atoms with Crippen LogP contribution in [0.3, 0.4) is 0 Å². The van der Waals surface area contributed by atoms with Gasteiger partial charge in [-0.15, -0.1) is 0 Å². The fourth-order valence-corrected chi connectivity index (χ4v) is 3.05. The highest BCUT2D eigenvalue weighted by Gasteiger charge is 2.16. The first-order chi connectivity index (χ1) is 13.0. The highest BCUT2D eigenvalue weighted by molar-refractivity contribution is 5.93. The van der Waals surface area contributed by atoms with E-state index in [0.717, 1.165) is 31.6 Å². The molecule has 0 N–H and O–H groups in total. The van der Waals surface area contributed by atoms with Gasteiger partial charge in [-0.25, -0.2) is 9.37 Å². The number of likely N-dealkylation sites (N-methyl/N-ethyl adjacent to an activating group) is 1. The second-order valence-electron chi connectivity index (χ2n) is 6.77. The van der Waals surface area contributed by atoms with Crippen molar-refractivity contribution in [3.63, 3.8) is 0 Å². The summed E-state index contributed by atoms with van der Waals surface area (Å²) in [5, 5.41) is 0. The molecule has 2 heterocycles. The zero-order chi connectivity index (χ0) is 19.2. The average molecular weight is 372 g/mol. The highest BCUT2D eigenvalue weighted by atomic mass is 19.1. The number of amides is 1. The molecule has 1 fully saturated rings. The maximum absolute atomic E-state index is 13.0. The van der Waals surface area contributed by atoms with Crippen molar-refractivity contribution in [3.05, 3.63) is 41.8 Å². The number of halogens is 1. The smallest absolute Gasteiger partial charge is 0.264 e. The number of rotatable bonds is 5. The van der Waals surface area contributed by atoms with Crippen molar-refractivity contribution in [3.8, 4) is 5.88 Å². The van der Waals surface area contributed by atoms with Gasteiger partial charge in [0.25, 0.3) is 5.91 Å². The Morgan fingerprint density at radius 2 is 1.81 bits per heavy atom. The topological polar surface area (TPSA) is 58.6 Å². The Morgan fingerprint density at radius 3 is 2.48 bits per heavy atom. The fourth-order valence-electron chi connectivity index (χ4n) is 3.05. The van der Waals surface area contributed by atoms with E-state index in [1.165, 1.54) is 29.9 Å². The van der Waals surface area contributed by atoms with Gasteiger partial charge in [0.1, 0.15) is 5.82 Å². The molecule has 1 aliphatic rings.